The second-order valence-corrected chi connectivity index (χ2v) is 9.82. The molecule has 1 aliphatic heterocycles. The van der Waals surface area contributed by atoms with Crippen molar-refractivity contribution in [1.82, 2.24) is 34.8 Å². The molecule has 3 heterocycles. The van der Waals surface area contributed by atoms with E-state index in [0.29, 0.717) is 12.2 Å². The summed E-state index contributed by atoms with van der Waals surface area (Å²) in [6, 6.07) is 9.17. The number of aromatic nitrogens is 5. The van der Waals surface area contributed by atoms with Crippen molar-refractivity contribution in [3.63, 3.8) is 0 Å². The number of likely N-dealkylation sites (N-methyl/N-ethyl adjacent to an activating group) is 1. The molecular weight excluding hydrogens is 539 g/mol. The van der Waals surface area contributed by atoms with Gasteiger partial charge in [0.2, 0.25) is 5.82 Å². The van der Waals surface area contributed by atoms with Crippen LogP contribution >= 0.6 is 0 Å². The van der Waals surface area contributed by atoms with Crippen molar-refractivity contribution < 1.29 is 27.4 Å². The highest BCUT2D eigenvalue weighted by molar-refractivity contribution is 5.95. The summed E-state index contributed by atoms with van der Waals surface area (Å²) in [5.74, 6) is -2.03. The average Bonchev–Trinajstić information content (AvgIpc) is 3.60. The molecule has 0 spiro atoms. The van der Waals surface area contributed by atoms with Gasteiger partial charge in [-0.1, -0.05) is 18.2 Å². The van der Waals surface area contributed by atoms with Gasteiger partial charge in [-0.3, -0.25) is 9.48 Å². The number of ether oxygens (including phenoxy) is 2. The molecule has 13 heteroatoms. The third-order valence-corrected chi connectivity index (χ3v) is 6.96. The predicted molar refractivity (Wildman–Crippen MR) is 143 cm³/mol. The Kier molecular flexibility index (Phi) is 8.36. The summed E-state index contributed by atoms with van der Waals surface area (Å²) in [7, 11) is 4.91. The number of methoxy groups -OCH3 is 2. The summed E-state index contributed by atoms with van der Waals surface area (Å²) < 4.78 is 54.5. The zero-order valence-electron chi connectivity index (χ0n) is 22.9. The highest BCUT2D eigenvalue weighted by Gasteiger charge is 2.22. The van der Waals surface area contributed by atoms with Crippen LogP contribution in [0.4, 0.5) is 13.2 Å². The number of rotatable bonds is 10. The normalized spacial score (nSPS) is 13.4. The molecule has 2 aromatic heterocycles. The molecule has 0 fully saturated rings. The lowest BCUT2D eigenvalue weighted by atomic mass is 9.97. The van der Waals surface area contributed by atoms with Gasteiger partial charge in [0.1, 0.15) is 12.0 Å². The molecule has 0 unspecified atom stereocenters. The van der Waals surface area contributed by atoms with Gasteiger partial charge in [-0.2, -0.15) is 5.10 Å². The van der Waals surface area contributed by atoms with Crippen LogP contribution < -0.4 is 10.1 Å². The predicted octanol–water partition coefficient (Wildman–Crippen LogP) is 3.66. The largest absolute Gasteiger partial charge is 0.494 e. The number of benzene rings is 2. The first-order chi connectivity index (χ1) is 19.8. The van der Waals surface area contributed by atoms with Gasteiger partial charge in [-0.25, -0.2) is 22.8 Å². The molecule has 0 atom stereocenters. The summed E-state index contributed by atoms with van der Waals surface area (Å²) in [4.78, 5) is 19.2. The maximum atomic E-state index is 15.3. The number of fused-ring (bicyclic) bond motifs is 1. The standard InChI is InChI=1S/C28H30F3N7O3/c1-36-9-8-18-10-17(4-5-19(18)13-36)12-37-14-21(22(34-37)15-40-2)28(39)32-11-20-23(6-7-24(41-3)25(20)29)38-16-33-27(35-38)26(30)31/h4-7,10,14,16,26H,8-9,11-13,15H2,1-3H3,(H,32,39). The first-order valence-electron chi connectivity index (χ1n) is 13.0. The highest BCUT2D eigenvalue weighted by Crippen LogP contribution is 2.27. The van der Waals surface area contributed by atoms with E-state index in [2.05, 4.69) is 50.6 Å². The molecule has 1 N–H and O–H groups in total. The van der Waals surface area contributed by atoms with Crippen molar-refractivity contribution >= 4 is 5.91 Å². The summed E-state index contributed by atoms with van der Waals surface area (Å²) in [6.07, 6.45) is 0.781. The Morgan fingerprint density at radius 3 is 2.71 bits per heavy atom. The summed E-state index contributed by atoms with van der Waals surface area (Å²) in [5, 5.41) is 11.0. The van der Waals surface area contributed by atoms with E-state index in [0.717, 1.165) is 36.1 Å². The lowest BCUT2D eigenvalue weighted by Gasteiger charge is -2.25. The van der Waals surface area contributed by atoms with E-state index in [4.69, 9.17) is 9.47 Å². The fourth-order valence-electron chi connectivity index (χ4n) is 4.89. The Morgan fingerprint density at radius 2 is 1.98 bits per heavy atom. The van der Waals surface area contributed by atoms with Crippen molar-refractivity contribution in [2.24, 2.45) is 0 Å². The van der Waals surface area contributed by atoms with E-state index >= 15 is 4.39 Å². The van der Waals surface area contributed by atoms with E-state index in [1.54, 1.807) is 10.9 Å². The van der Waals surface area contributed by atoms with E-state index in [1.807, 2.05) is 0 Å². The number of carbonyl (C=O) groups is 1. The molecule has 2 aromatic carbocycles. The molecule has 0 bridgehead atoms. The van der Waals surface area contributed by atoms with Gasteiger partial charge in [-0.15, -0.1) is 5.10 Å². The molecular formula is C28H30F3N7O3. The Labute approximate surface area is 234 Å². The van der Waals surface area contributed by atoms with Gasteiger partial charge in [0.15, 0.2) is 11.6 Å². The van der Waals surface area contributed by atoms with Gasteiger partial charge >= 0.3 is 0 Å². The van der Waals surface area contributed by atoms with Crippen LogP contribution in [-0.2, 0) is 37.4 Å². The number of amides is 1. The van der Waals surface area contributed by atoms with E-state index in [-0.39, 0.29) is 35.7 Å². The Morgan fingerprint density at radius 1 is 1.15 bits per heavy atom. The molecule has 5 rings (SSSR count). The smallest absolute Gasteiger partial charge is 0.299 e. The monoisotopic (exact) mass is 569 g/mol. The number of hydrogen-bond acceptors (Lipinski definition) is 7. The summed E-state index contributed by atoms with van der Waals surface area (Å²) >= 11 is 0. The third kappa shape index (κ3) is 6.10. The van der Waals surface area contributed by atoms with Crippen molar-refractivity contribution in [3.05, 3.63) is 88.0 Å². The Balaban J connectivity index is 1.37. The topological polar surface area (TPSA) is 99.3 Å². The second kappa shape index (κ2) is 12.1. The first-order valence-corrected chi connectivity index (χ1v) is 13.0. The molecule has 0 saturated carbocycles. The van der Waals surface area contributed by atoms with Crippen molar-refractivity contribution in [2.75, 3.05) is 27.8 Å². The number of halogens is 3. The van der Waals surface area contributed by atoms with Crippen LogP contribution in [0.5, 0.6) is 5.75 Å². The fraction of sp³-hybridized carbons (Fsp3) is 0.357. The van der Waals surface area contributed by atoms with E-state index in [1.165, 1.54) is 37.5 Å². The lowest BCUT2D eigenvalue weighted by molar-refractivity contribution is 0.0945. The highest BCUT2D eigenvalue weighted by atomic mass is 19.3. The Bertz CT molecular complexity index is 1550. The number of carbonyl (C=O) groups excluding carboxylic acids is 1. The number of nitrogens with zero attached hydrogens (tertiary/aromatic N) is 6. The lowest BCUT2D eigenvalue weighted by Crippen LogP contribution is -2.26. The maximum Gasteiger partial charge on any atom is 0.299 e. The molecule has 10 nitrogen and oxygen atoms in total. The van der Waals surface area contributed by atoms with E-state index in [9.17, 15) is 13.6 Å². The minimum atomic E-state index is -2.89. The maximum absolute atomic E-state index is 15.3. The molecule has 1 aliphatic rings. The van der Waals surface area contributed by atoms with Crippen LogP contribution in [0.1, 0.15) is 50.6 Å². The van der Waals surface area contributed by atoms with Crippen LogP contribution in [0.15, 0.2) is 42.9 Å². The third-order valence-electron chi connectivity index (χ3n) is 6.96. The quantitative estimate of drug-likeness (QED) is 0.311. The van der Waals surface area contributed by atoms with Crippen molar-refractivity contribution in [3.8, 4) is 11.4 Å². The van der Waals surface area contributed by atoms with Crippen molar-refractivity contribution in [2.45, 2.75) is 39.1 Å². The summed E-state index contributed by atoms with van der Waals surface area (Å²) in [5.41, 5.74) is 4.51. The molecule has 0 saturated heterocycles. The van der Waals surface area contributed by atoms with Crippen molar-refractivity contribution in [1.29, 1.82) is 0 Å². The zero-order chi connectivity index (χ0) is 29.1. The number of nitrogens with one attached hydrogen (secondary N) is 1. The van der Waals surface area contributed by atoms with Gasteiger partial charge < -0.3 is 19.7 Å². The van der Waals surface area contributed by atoms with Gasteiger partial charge in [0.25, 0.3) is 12.3 Å². The van der Waals surface area contributed by atoms with Crippen LogP contribution in [0.3, 0.4) is 0 Å². The van der Waals surface area contributed by atoms with Crippen LogP contribution in [0.25, 0.3) is 5.69 Å². The number of alkyl halides is 2. The second-order valence-electron chi connectivity index (χ2n) is 9.82. The van der Waals surface area contributed by atoms with Gasteiger partial charge in [0, 0.05) is 38.5 Å². The number of hydrogen-bond donors (Lipinski definition) is 1. The van der Waals surface area contributed by atoms with Crippen LogP contribution in [0, 0.1) is 5.82 Å². The average molecular weight is 570 g/mol. The van der Waals surface area contributed by atoms with Gasteiger partial charge in [0.05, 0.1) is 31.5 Å². The summed E-state index contributed by atoms with van der Waals surface area (Å²) in [6.45, 7) is 2.19. The fourth-order valence-corrected chi connectivity index (χ4v) is 4.89. The minimum absolute atomic E-state index is 0.0104. The molecule has 4 aromatic rings. The SMILES string of the molecule is COCc1nn(Cc2ccc3c(c2)CCN(C)C3)cc1C(=O)NCc1c(-n2cnc(C(F)F)n2)ccc(OC)c1F. The van der Waals surface area contributed by atoms with Crippen LogP contribution in [0.2, 0.25) is 0 Å². The van der Waals surface area contributed by atoms with Gasteiger partial charge in [-0.05, 0) is 42.3 Å². The van der Waals surface area contributed by atoms with E-state index < -0.39 is 24.0 Å². The Hall–Kier alpha value is -4.23. The molecule has 216 valence electrons. The first kappa shape index (κ1) is 28.3. The zero-order valence-corrected chi connectivity index (χ0v) is 22.9. The molecule has 1 amide bonds. The minimum Gasteiger partial charge on any atom is -0.494 e. The molecule has 0 radical (unpaired) electrons. The molecule has 41 heavy (non-hydrogen) atoms. The molecule has 0 aliphatic carbocycles. The van der Waals surface area contributed by atoms with Crippen LogP contribution in [-0.4, -0.2) is 63.2 Å².